The minimum Gasteiger partial charge on any atom is -0.280 e. The minimum absolute atomic E-state index is 0.00495. The second-order valence-electron chi connectivity index (χ2n) is 5.16. The molecule has 8 heteroatoms. The fourth-order valence-corrected chi connectivity index (χ4v) is 3.93. The summed E-state index contributed by atoms with van der Waals surface area (Å²) >= 11 is 0. The zero-order valence-corrected chi connectivity index (χ0v) is 14.6. The third-order valence-electron chi connectivity index (χ3n) is 3.19. The summed E-state index contributed by atoms with van der Waals surface area (Å²) in [6.45, 7) is 3.75. The number of rotatable bonds is 5. The van der Waals surface area contributed by atoms with Gasteiger partial charge in [-0.15, -0.1) is 0 Å². The van der Waals surface area contributed by atoms with Gasteiger partial charge in [0.1, 0.15) is 0 Å². The Kier molecular flexibility index (Phi) is 4.79. The molecular formula is C15H18N2O4S2. The normalized spacial score (nSPS) is 12.1. The topological polar surface area (TPSA) is 92.3 Å². The van der Waals surface area contributed by atoms with Gasteiger partial charge in [0, 0.05) is 5.69 Å². The molecule has 23 heavy (non-hydrogen) atoms. The number of aryl methyl sites for hydroxylation is 2. The van der Waals surface area contributed by atoms with Crippen molar-refractivity contribution in [1.29, 1.82) is 0 Å². The summed E-state index contributed by atoms with van der Waals surface area (Å²) in [7, 11) is -6.08. The molecule has 0 unspecified atom stereocenters. The van der Waals surface area contributed by atoms with Gasteiger partial charge < -0.3 is 0 Å². The molecule has 0 bridgehead atoms. The molecule has 6 nitrogen and oxygen atoms in total. The Labute approximate surface area is 136 Å². The van der Waals surface area contributed by atoms with Gasteiger partial charge in [0.05, 0.1) is 9.79 Å². The number of sulfonamides is 2. The summed E-state index contributed by atoms with van der Waals surface area (Å²) in [5.41, 5.74) is 2.35. The molecule has 124 valence electrons. The van der Waals surface area contributed by atoms with Gasteiger partial charge >= 0.3 is 0 Å². The van der Waals surface area contributed by atoms with Crippen LogP contribution in [0.1, 0.15) is 11.1 Å². The molecule has 0 aliphatic carbocycles. The first-order valence-corrected chi connectivity index (χ1v) is 9.75. The van der Waals surface area contributed by atoms with E-state index in [-0.39, 0.29) is 9.79 Å². The fourth-order valence-electron chi connectivity index (χ4n) is 2.16. The van der Waals surface area contributed by atoms with Gasteiger partial charge in [-0.3, -0.25) is 4.72 Å². The highest BCUT2D eigenvalue weighted by molar-refractivity contribution is 7.92. The molecule has 0 fully saturated rings. The third kappa shape index (κ3) is 4.10. The molecular weight excluding hydrogens is 336 g/mol. The van der Waals surface area contributed by atoms with Crippen molar-refractivity contribution in [2.24, 2.45) is 0 Å². The Balaban J connectivity index is 2.33. The van der Waals surface area contributed by atoms with E-state index in [4.69, 9.17) is 0 Å². The van der Waals surface area contributed by atoms with E-state index < -0.39 is 20.0 Å². The Hall–Kier alpha value is -1.90. The Morgan fingerprint density at radius 3 is 1.61 bits per heavy atom. The van der Waals surface area contributed by atoms with Gasteiger partial charge in [0.15, 0.2) is 0 Å². The van der Waals surface area contributed by atoms with Crippen molar-refractivity contribution in [3.63, 3.8) is 0 Å². The molecule has 0 spiro atoms. The van der Waals surface area contributed by atoms with E-state index in [2.05, 4.69) is 9.44 Å². The minimum atomic E-state index is -3.78. The maximum absolute atomic E-state index is 12.4. The van der Waals surface area contributed by atoms with Crippen LogP contribution in [0.25, 0.3) is 0 Å². The molecule has 0 radical (unpaired) electrons. The molecule has 2 rings (SSSR count). The molecule has 0 aromatic heterocycles. The van der Waals surface area contributed by atoms with Crippen LogP contribution in [-0.4, -0.2) is 23.9 Å². The summed E-state index contributed by atoms with van der Waals surface area (Å²) in [5, 5.41) is 0. The zero-order chi connectivity index (χ0) is 17.3. The SMILES string of the molecule is CNS(=O)(=O)c1ccc(S(=O)(=O)Nc2cc(C)cc(C)c2)cc1. The largest absolute Gasteiger partial charge is 0.280 e. The van der Waals surface area contributed by atoms with Crippen LogP contribution in [0.15, 0.2) is 52.3 Å². The van der Waals surface area contributed by atoms with E-state index in [1.807, 2.05) is 19.9 Å². The van der Waals surface area contributed by atoms with Crippen LogP contribution in [0.4, 0.5) is 5.69 Å². The molecule has 0 aliphatic heterocycles. The van der Waals surface area contributed by atoms with E-state index >= 15 is 0 Å². The molecule has 0 saturated carbocycles. The number of hydrogen-bond donors (Lipinski definition) is 2. The van der Waals surface area contributed by atoms with E-state index in [0.29, 0.717) is 5.69 Å². The number of benzene rings is 2. The highest BCUT2D eigenvalue weighted by Gasteiger charge is 2.17. The van der Waals surface area contributed by atoms with Crippen molar-refractivity contribution in [2.45, 2.75) is 23.6 Å². The van der Waals surface area contributed by atoms with Crippen molar-refractivity contribution >= 4 is 25.7 Å². The smallest absolute Gasteiger partial charge is 0.261 e. The average molecular weight is 354 g/mol. The van der Waals surface area contributed by atoms with Gasteiger partial charge in [-0.1, -0.05) is 6.07 Å². The van der Waals surface area contributed by atoms with Gasteiger partial charge in [-0.25, -0.2) is 21.6 Å². The molecule has 2 aromatic rings. The summed E-state index contributed by atoms with van der Waals surface area (Å²) in [6.07, 6.45) is 0. The van der Waals surface area contributed by atoms with Gasteiger partial charge in [-0.2, -0.15) is 0 Å². The first kappa shape index (κ1) is 17.5. The Morgan fingerprint density at radius 2 is 1.17 bits per heavy atom. The van der Waals surface area contributed by atoms with E-state index in [1.165, 1.54) is 31.3 Å². The quantitative estimate of drug-likeness (QED) is 0.859. The van der Waals surface area contributed by atoms with Crippen LogP contribution >= 0.6 is 0 Å². The fraction of sp³-hybridized carbons (Fsp3) is 0.200. The first-order valence-electron chi connectivity index (χ1n) is 6.79. The lowest BCUT2D eigenvalue weighted by molar-refractivity contribution is 0.587. The van der Waals surface area contributed by atoms with Crippen molar-refractivity contribution in [3.05, 3.63) is 53.6 Å². The maximum atomic E-state index is 12.4. The van der Waals surface area contributed by atoms with Crippen molar-refractivity contribution < 1.29 is 16.8 Å². The molecule has 0 aliphatic rings. The average Bonchev–Trinajstić information content (AvgIpc) is 2.45. The summed E-state index contributed by atoms with van der Waals surface area (Å²) in [6, 6.07) is 10.4. The number of hydrogen-bond acceptors (Lipinski definition) is 4. The van der Waals surface area contributed by atoms with Crippen LogP contribution in [0.2, 0.25) is 0 Å². The lowest BCUT2D eigenvalue weighted by Crippen LogP contribution is -2.19. The maximum Gasteiger partial charge on any atom is 0.261 e. The second-order valence-corrected chi connectivity index (χ2v) is 8.73. The molecule has 2 N–H and O–H groups in total. The van der Waals surface area contributed by atoms with Crippen LogP contribution in [0.5, 0.6) is 0 Å². The highest BCUT2D eigenvalue weighted by atomic mass is 32.2. The molecule has 0 saturated heterocycles. The Morgan fingerprint density at radius 1 is 0.739 bits per heavy atom. The lowest BCUT2D eigenvalue weighted by Gasteiger charge is -2.10. The Bertz CT molecular complexity index is 898. The molecule has 0 atom stereocenters. The van der Waals surface area contributed by atoms with Gasteiger partial charge in [-0.05, 0) is 68.4 Å². The predicted molar refractivity (Wildman–Crippen MR) is 89.4 cm³/mol. The molecule has 0 heterocycles. The first-order chi connectivity index (χ1) is 10.6. The van der Waals surface area contributed by atoms with Gasteiger partial charge in [0.2, 0.25) is 10.0 Å². The van der Waals surface area contributed by atoms with Crippen LogP contribution < -0.4 is 9.44 Å². The van der Waals surface area contributed by atoms with Crippen molar-refractivity contribution in [1.82, 2.24) is 4.72 Å². The van der Waals surface area contributed by atoms with Gasteiger partial charge in [0.25, 0.3) is 10.0 Å². The monoisotopic (exact) mass is 354 g/mol. The van der Waals surface area contributed by atoms with Crippen LogP contribution in [-0.2, 0) is 20.0 Å². The molecule has 2 aromatic carbocycles. The number of anilines is 1. The summed E-state index contributed by atoms with van der Waals surface area (Å²) in [5.74, 6) is 0. The van der Waals surface area contributed by atoms with E-state index in [9.17, 15) is 16.8 Å². The third-order valence-corrected chi connectivity index (χ3v) is 6.01. The second kappa shape index (κ2) is 6.31. The van der Waals surface area contributed by atoms with Crippen LogP contribution in [0.3, 0.4) is 0 Å². The molecule has 0 amide bonds. The summed E-state index contributed by atoms with van der Waals surface area (Å²) < 4.78 is 52.7. The zero-order valence-electron chi connectivity index (χ0n) is 13.0. The number of nitrogens with one attached hydrogen (secondary N) is 2. The van der Waals surface area contributed by atoms with E-state index in [1.54, 1.807) is 12.1 Å². The highest BCUT2D eigenvalue weighted by Crippen LogP contribution is 2.20. The lowest BCUT2D eigenvalue weighted by atomic mass is 10.1. The van der Waals surface area contributed by atoms with Crippen molar-refractivity contribution in [3.8, 4) is 0 Å². The standard InChI is InChI=1S/C15H18N2O4S2/c1-11-8-12(2)10-13(9-11)17-23(20,21)15-6-4-14(5-7-15)22(18,19)16-3/h4-10,16-17H,1-3H3. The predicted octanol–water partition coefficient (Wildman–Crippen LogP) is 2.01. The van der Waals surface area contributed by atoms with Crippen molar-refractivity contribution in [2.75, 3.05) is 11.8 Å². The summed E-state index contributed by atoms with van der Waals surface area (Å²) in [4.78, 5) is -0.00272. The van der Waals surface area contributed by atoms with E-state index in [0.717, 1.165) is 11.1 Å². The van der Waals surface area contributed by atoms with Crippen LogP contribution in [0, 0.1) is 13.8 Å².